The first kappa shape index (κ1) is 18.5. The lowest BCUT2D eigenvalue weighted by Gasteiger charge is -2.23. The molecule has 4 rings (SSSR count). The van der Waals surface area contributed by atoms with Gasteiger partial charge in [-0.3, -0.25) is 4.79 Å². The van der Waals surface area contributed by atoms with Gasteiger partial charge in [-0.05, 0) is 36.8 Å². The molecule has 2 aliphatic rings. The summed E-state index contributed by atoms with van der Waals surface area (Å²) in [6.45, 7) is 0.312. The van der Waals surface area contributed by atoms with Crippen molar-refractivity contribution in [3.05, 3.63) is 41.7 Å². The van der Waals surface area contributed by atoms with Crippen LogP contribution in [-0.2, 0) is 11.0 Å². The van der Waals surface area contributed by atoms with Gasteiger partial charge in [0.05, 0.1) is 17.4 Å². The van der Waals surface area contributed by atoms with Crippen LogP contribution in [0.4, 0.5) is 13.2 Å². The zero-order chi connectivity index (χ0) is 20.1. The number of nitrogens with zero attached hydrogens (tertiary/aromatic N) is 4. The molecular formula is C18H17F3N4O3. The minimum atomic E-state index is -4.59. The fourth-order valence-electron chi connectivity index (χ4n) is 4.37. The minimum Gasteiger partial charge on any atom is -0.480 e. The second-order valence-corrected chi connectivity index (χ2v) is 7.16. The predicted molar refractivity (Wildman–Crippen MR) is 89.7 cm³/mol. The molecule has 1 aromatic heterocycles. The number of carbonyl (C=O) groups is 2. The van der Waals surface area contributed by atoms with Gasteiger partial charge in [-0.1, -0.05) is 23.8 Å². The Hall–Kier alpha value is -2.91. The Morgan fingerprint density at radius 1 is 1.18 bits per heavy atom. The third-order valence-electron chi connectivity index (χ3n) is 5.57. The van der Waals surface area contributed by atoms with Crippen LogP contribution in [0.5, 0.6) is 0 Å². The van der Waals surface area contributed by atoms with Gasteiger partial charge < -0.3 is 10.0 Å². The molecule has 28 heavy (non-hydrogen) atoms. The van der Waals surface area contributed by atoms with Crippen LogP contribution in [0.2, 0.25) is 0 Å². The zero-order valence-corrected chi connectivity index (χ0v) is 14.6. The van der Waals surface area contributed by atoms with Crippen molar-refractivity contribution in [1.29, 1.82) is 0 Å². The molecule has 0 bridgehead atoms. The Bertz CT molecular complexity index is 927. The molecule has 3 unspecified atom stereocenters. The third kappa shape index (κ3) is 3.02. The summed E-state index contributed by atoms with van der Waals surface area (Å²) < 4.78 is 40.5. The van der Waals surface area contributed by atoms with E-state index in [0.29, 0.717) is 6.54 Å². The van der Waals surface area contributed by atoms with Crippen LogP contribution in [0.3, 0.4) is 0 Å². The summed E-state index contributed by atoms with van der Waals surface area (Å²) in [4.78, 5) is 25.8. The Labute approximate surface area is 157 Å². The highest BCUT2D eigenvalue weighted by Crippen LogP contribution is 2.42. The lowest BCUT2D eigenvalue weighted by atomic mass is 9.94. The molecule has 1 saturated heterocycles. The first-order chi connectivity index (χ1) is 13.3. The molecule has 2 heterocycles. The van der Waals surface area contributed by atoms with Gasteiger partial charge >= 0.3 is 12.1 Å². The van der Waals surface area contributed by atoms with Crippen LogP contribution in [0.25, 0.3) is 5.69 Å². The number of hydrogen-bond donors (Lipinski definition) is 1. The van der Waals surface area contributed by atoms with Crippen LogP contribution in [0, 0.1) is 11.8 Å². The normalized spacial score (nSPS) is 24.4. The molecule has 7 nitrogen and oxygen atoms in total. The maximum absolute atomic E-state index is 13.2. The van der Waals surface area contributed by atoms with Crippen LogP contribution in [0.1, 0.15) is 35.3 Å². The van der Waals surface area contributed by atoms with Crippen LogP contribution in [0.15, 0.2) is 30.5 Å². The second kappa shape index (κ2) is 6.61. The van der Waals surface area contributed by atoms with Crippen molar-refractivity contribution in [3.63, 3.8) is 0 Å². The van der Waals surface area contributed by atoms with Crippen molar-refractivity contribution < 1.29 is 27.9 Å². The van der Waals surface area contributed by atoms with E-state index in [0.717, 1.165) is 36.2 Å². The monoisotopic (exact) mass is 394 g/mol. The van der Waals surface area contributed by atoms with E-state index in [1.165, 1.54) is 23.1 Å². The molecule has 1 saturated carbocycles. The SMILES string of the molecule is O=C(O)C1C2CCCC2CN1C(=O)c1cn(-c2ccccc2C(F)(F)F)nn1. The molecule has 0 radical (unpaired) electrons. The minimum absolute atomic E-state index is 0.0950. The lowest BCUT2D eigenvalue weighted by Crippen LogP contribution is -2.43. The molecule has 2 aromatic rings. The summed E-state index contributed by atoms with van der Waals surface area (Å²) >= 11 is 0. The van der Waals surface area contributed by atoms with E-state index < -0.39 is 29.7 Å². The standard InChI is InChI=1S/C18H17F3N4O3/c19-18(20,21)12-6-1-2-7-14(12)25-9-13(22-23-25)16(26)24-8-10-4-3-5-11(10)15(24)17(27)28/h1-2,6-7,9-11,15H,3-5,8H2,(H,27,28). The summed E-state index contributed by atoms with van der Waals surface area (Å²) in [6.07, 6.45) is -0.931. The lowest BCUT2D eigenvalue weighted by molar-refractivity contribution is -0.142. The number of halogens is 3. The maximum atomic E-state index is 13.2. The highest BCUT2D eigenvalue weighted by molar-refractivity contribution is 5.95. The highest BCUT2D eigenvalue weighted by Gasteiger charge is 2.50. The summed E-state index contributed by atoms with van der Waals surface area (Å²) in [6, 6.07) is 3.89. The number of aromatic nitrogens is 3. The van der Waals surface area contributed by atoms with Crippen LogP contribution < -0.4 is 0 Å². The topological polar surface area (TPSA) is 88.3 Å². The summed E-state index contributed by atoms with van der Waals surface area (Å²) in [7, 11) is 0. The molecule has 1 amide bonds. The number of rotatable bonds is 3. The smallest absolute Gasteiger partial charge is 0.418 e. The third-order valence-corrected chi connectivity index (χ3v) is 5.57. The van der Waals surface area contributed by atoms with E-state index in [2.05, 4.69) is 10.3 Å². The Balaban J connectivity index is 1.64. The van der Waals surface area contributed by atoms with E-state index in [1.807, 2.05) is 0 Å². The number of hydrogen-bond acceptors (Lipinski definition) is 4. The molecular weight excluding hydrogens is 377 g/mol. The maximum Gasteiger partial charge on any atom is 0.418 e. The van der Waals surface area contributed by atoms with Gasteiger partial charge in [-0.25, -0.2) is 9.48 Å². The van der Waals surface area contributed by atoms with Gasteiger partial charge in [0.2, 0.25) is 0 Å². The number of carboxylic acid groups (broad SMARTS) is 1. The Morgan fingerprint density at radius 3 is 2.64 bits per heavy atom. The number of alkyl halides is 3. The summed E-state index contributed by atoms with van der Waals surface area (Å²) in [5.41, 5.74) is -1.34. The van der Waals surface area contributed by atoms with E-state index in [9.17, 15) is 27.9 Å². The Morgan fingerprint density at radius 2 is 1.93 bits per heavy atom. The number of amides is 1. The van der Waals surface area contributed by atoms with Gasteiger partial charge in [0.25, 0.3) is 5.91 Å². The largest absolute Gasteiger partial charge is 0.480 e. The van der Waals surface area contributed by atoms with E-state index in [1.54, 1.807) is 0 Å². The van der Waals surface area contributed by atoms with Crippen molar-refractivity contribution in [3.8, 4) is 5.69 Å². The van der Waals surface area contributed by atoms with Crippen molar-refractivity contribution in [2.24, 2.45) is 11.8 Å². The average molecular weight is 394 g/mol. The molecule has 2 fully saturated rings. The Kier molecular flexibility index (Phi) is 4.35. The second-order valence-electron chi connectivity index (χ2n) is 7.16. The summed E-state index contributed by atoms with van der Waals surface area (Å²) in [5, 5.41) is 17.0. The van der Waals surface area contributed by atoms with Crippen molar-refractivity contribution in [2.45, 2.75) is 31.5 Å². The number of aliphatic carboxylic acids is 1. The predicted octanol–water partition coefficient (Wildman–Crippen LogP) is 2.61. The molecule has 1 N–H and O–H groups in total. The molecule has 148 valence electrons. The van der Waals surface area contributed by atoms with Crippen molar-refractivity contribution in [2.75, 3.05) is 6.54 Å². The average Bonchev–Trinajstić information content (AvgIpc) is 3.35. The van der Waals surface area contributed by atoms with E-state index in [4.69, 9.17) is 0 Å². The number of para-hydroxylation sites is 1. The zero-order valence-electron chi connectivity index (χ0n) is 14.6. The molecule has 1 aliphatic carbocycles. The fraction of sp³-hybridized carbons (Fsp3) is 0.444. The molecule has 3 atom stereocenters. The van der Waals surface area contributed by atoms with E-state index >= 15 is 0 Å². The quantitative estimate of drug-likeness (QED) is 0.865. The number of carbonyl (C=O) groups excluding carboxylic acids is 1. The van der Waals surface area contributed by atoms with Crippen molar-refractivity contribution in [1.82, 2.24) is 19.9 Å². The highest BCUT2D eigenvalue weighted by atomic mass is 19.4. The van der Waals surface area contributed by atoms with Crippen LogP contribution >= 0.6 is 0 Å². The fourth-order valence-corrected chi connectivity index (χ4v) is 4.37. The van der Waals surface area contributed by atoms with Gasteiger partial charge in [-0.15, -0.1) is 5.10 Å². The van der Waals surface area contributed by atoms with Gasteiger partial charge in [0.1, 0.15) is 6.04 Å². The van der Waals surface area contributed by atoms with E-state index in [-0.39, 0.29) is 23.2 Å². The molecule has 10 heteroatoms. The van der Waals surface area contributed by atoms with Crippen LogP contribution in [-0.4, -0.2) is 49.5 Å². The number of carboxylic acids is 1. The number of benzene rings is 1. The van der Waals surface area contributed by atoms with Gasteiger partial charge in [0.15, 0.2) is 5.69 Å². The summed E-state index contributed by atoms with van der Waals surface area (Å²) in [5.74, 6) is -1.66. The first-order valence-electron chi connectivity index (χ1n) is 8.90. The first-order valence-corrected chi connectivity index (χ1v) is 8.90. The molecule has 1 aromatic carbocycles. The molecule has 0 spiro atoms. The number of likely N-dealkylation sites (tertiary alicyclic amines) is 1. The van der Waals surface area contributed by atoms with Gasteiger partial charge in [0, 0.05) is 6.54 Å². The molecule has 1 aliphatic heterocycles. The number of fused-ring (bicyclic) bond motifs is 1. The van der Waals surface area contributed by atoms with Crippen molar-refractivity contribution >= 4 is 11.9 Å². The van der Waals surface area contributed by atoms with Gasteiger partial charge in [-0.2, -0.15) is 13.2 Å².